The van der Waals surface area contributed by atoms with Crippen molar-refractivity contribution in [2.24, 2.45) is 5.10 Å². The zero-order chi connectivity index (χ0) is 23.5. The van der Waals surface area contributed by atoms with Crippen LogP contribution in [0.3, 0.4) is 0 Å². The first kappa shape index (κ1) is 22.5. The molecule has 172 valence electrons. The van der Waals surface area contributed by atoms with E-state index in [9.17, 15) is 9.59 Å². The minimum absolute atomic E-state index is 0.117. The number of benzene rings is 2. The van der Waals surface area contributed by atoms with Gasteiger partial charge in [0.25, 0.3) is 5.91 Å². The van der Waals surface area contributed by atoms with E-state index in [4.69, 9.17) is 9.47 Å². The highest BCUT2D eigenvalue weighted by Crippen LogP contribution is 2.28. The van der Waals surface area contributed by atoms with Gasteiger partial charge in [0.05, 0.1) is 20.0 Å². The maximum Gasteiger partial charge on any atom is 0.276 e. The number of ether oxygens (including phenoxy) is 2. The number of carbonyl (C=O) groups is 2. The number of hydrogen-bond acceptors (Lipinski definition) is 8. The Morgan fingerprint density at radius 3 is 2.48 bits per heavy atom. The number of hydrazone groups is 1. The Bertz CT molecular complexity index is 1130. The summed E-state index contributed by atoms with van der Waals surface area (Å²) >= 11 is 1.24. The smallest absolute Gasteiger partial charge is 0.276 e. The average molecular weight is 468 g/mol. The maximum absolute atomic E-state index is 13.0. The highest BCUT2D eigenvalue weighted by atomic mass is 32.2. The Morgan fingerprint density at radius 1 is 1.09 bits per heavy atom. The molecule has 2 aromatic rings. The van der Waals surface area contributed by atoms with E-state index in [1.165, 1.54) is 17.3 Å². The Kier molecular flexibility index (Phi) is 6.45. The summed E-state index contributed by atoms with van der Waals surface area (Å²) in [6.45, 7) is 4.05. The maximum atomic E-state index is 13.0. The molecular weight excluding hydrogens is 442 g/mol. The number of anilines is 2. The second-order valence-corrected chi connectivity index (χ2v) is 8.49. The van der Waals surface area contributed by atoms with Gasteiger partial charge in [-0.25, -0.2) is 0 Å². The molecular formula is C23H25N5O4S. The van der Waals surface area contributed by atoms with E-state index in [0.717, 1.165) is 11.3 Å². The van der Waals surface area contributed by atoms with Crippen LogP contribution in [0, 0.1) is 13.8 Å². The molecule has 10 heteroatoms. The summed E-state index contributed by atoms with van der Waals surface area (Å²) in [7, 11) is 3.10. The third kappa shape index (κ3) is 4.75. The first-order valence-electron chi connectivity index (χ1n) is 10.3. The summed E-state index contributed by atoms with van der Waals surface area (Å²) in [5, 5.41) is 7.63. The molecule has 0 radical (unpaired) electrons. The number of nitrogens with one attached hydrogen (secondary N) is 2. The van der Waals surface area contributed by atoms with E-state index in [-0.39, 0.29) is 17.6 Å². The van der Waals surface area contributed by atoms with Crippen LogP contribution >= 0.6 is 11.8 Å². The molecule has 0 aromatic heterocycles. The molecule has 0 fully saturated rings. The van der Waals surface area contributed by atoms with Crippen molar-refractivity contribution in [2.45, 2.75) is 20.0 Å². The molecule has 0 saturated carbocycles. The fraction of sp³-hybridized carbons (Fsp3) is 0.261. The quantitative estimate of drug-likeness (QED) is 0.674. The van der Waals surface area contributed by atoms with Crippen LogP contribution in [0.4, 0.5) is 11.4 Å². The van der Waals surface area contributed by atoms with Crippen molar-refractivity contribution in [1.29, 1.82) is 0 Å². The predicted molar refractivity (Wildman–Crippen MR) is 129 cm³/mol. The van der Waals surface area contributed by atoms with Gasteiger partial charge in [0.2, 0.25) is 12.1 Å². The monoisotopic (exact) mass is 467 g/mol. The summed E-state index contributed by atoms with van der Waals surface area (Å²) in [4.78, 5) is 28.9. The lowest BCUT2D eigenvalue weighted by Crippen LogP contribution is -2.52. The normalized spacial score (nSPS) is 16.8. The van der Waals surface area contributed by atoms with Gasteiger partial charge in [-0.1, -0.05) is 17.8 Å². The van der Waals surface area contributed by atoms with Crippen molar-refractivity contribution in [3.8, 4) is 11.5 Å². The molecule has 9 nitrogen and oxygen atoms in total. The minimum Gasteiger partial charge on any atom is -0.497 e. The van der Waals surface area contributed by atoms with E-state index in [0.29, 0.717) is 22.4 Å². The number of rotatable bonds is 6. The molecule has 2 aromatic carbocycles. The molecule has 2 aliphatic rings. The van der Waals surface area contributed by atoms with E-state index in [1.807, 2.05) is 32.0 Å². The molecule has 2 N–H and O–H groups in total. The van der Waals surface area contributed by atoms with Crippen molar-refractivity contribution in [1.82, 2.24) is 10.3 Å². The molecule has 2 aliphatic heterocycles. The Hall–Kier alpha value is -3.66. The Balaban J connectivity index is 1.38. The molecule has 2 heterocycles. The van der Waals surface area contributed by atoms with Gasteiger partial charge in [0.1, 0.15) is 11.5 Å². The number of fused-ring (bicyclic) bond motifs is 1. The molecule has 33 heavy (non-hydrogen) atoms. The number of amidine groups is 1. The van der Waals surface area contributed by atoms with Crippen LogP contribution in [-0.2, 0) is 9.59 Å². The zero-order valence-electron chi connectivity index (χ0n) is 18.8. The second-order valence-electron chi connectivity index (χ2n) is 7.55. The predicted octanol–water partition coefficient (Wildman–Crippen LogP) is 3.01. The lowest BCUT2D eigenvalue weighted by atomic mass is 10.1. The van der Waals surface area contributed by atoms with Crippen molar-refractivity contribution in [2.75, 3.05) is 30.2 Å². The van der Waals surface area contributed by atoms with Crippen LogP contribution in [0.2, 0.25) is 0 Å². The number of aryl methyl sites for hydroxylation is 2. The largest absolute Gasteiger partial charge is 0.497 e. The topological polar surface area (TPSA) is 95.5 Å². The minimum atomic E-state index is -0.648. The van der Waals surface area contributed by atoms with Crippen LogP contribution in [0.1, 0.15) is 11.1 Å². The highest BCUT2D eigenvalue weighted by Gasteiger charge is 2.38. The van der Waals surface area contributed by atoms with Crippen LogP contribution in [0.5, 0.6) is 11.5 Å². The van der Waals surface area contributed by atoms with Gasteiger partial charge in [-0.2, -0.15) is 5.10 Å². The third-order valence-electron chi connectivity index (χ3n) is 5.37. The number of thioether (sulfide) groups is 1. The van der Waals surface area contributed by atoms with Gasteiger partial charge in [-0.05, 0) is 37.1 Å². The number of hydrogen-bond donors (Lipinski definition) is 2. The molecule has 0 saturated heterocycles. The van der Waals surface area contributed by atoms with Gasteiger partial charge in [0.15, 0.2) is 5.17 Å². The van der Waals surface area contributed by atoms with Gasteiger partial charge < -0.3 is 14.8 Å². The standard InChI is InChI=1S/C23H25N5O4S/c1-14-5-6-17(9-15(14)2)27-7-8-28-21(22(27)30)25-26-23(28)33-13-20(29)24-16-10-18(31-3)12-19(11-16)32-4/h5-12,21,25H,13H2,1-4H3,(H,24,29). The molecule has 1 unspecified atom stereocenters. The lowest BCUT2D eigenvalue weighted by molar-refractivity contribution is -0.122. The fourth-order valence-corrected chi connectivity index (χ4v) is 4.18. The van der Waals surface area contributed by atoms with E-state index in [2.05, 4.69) is 15.8 Å². The number of amides is 2. The van der Waals surface area contributed by atoms with Crippen molar-refractivity contribution in [3.63, 3.8) is 0 Å². The third-order valence-corrected chi connectivity index (χ3v) is 6.33. The van der Waals surface area contributed by atoms with E-state index in [1.54, 1.807) is 54.6 Å². The van der Waals surface area contributed by atoms with Gasteiger partial charge >= 0.3 is 0 Å². The first-order valence-corrected chi connectivity index (χ1v) is 11.2. The SMILES string of the molecule is COc1cc(NC(=O)CSC2=NNC3C(=O)N(c4ccc(C)c(C)c4)C=CN23)cc(OC)c1. The Labute approximate surface area is 196 Å². The van der Waals surface area contributed by atoms with Crippen LogP contribution in [-0.4, -0.2) is 48.0 Å². The van der Waals surface area contributed by atoms with Gasteiger partial charge in [-0.3, -0.25) is 24.8 Å². The Morgan fingerprint density at radius 2 is 1.82 bits per heavy atom. The van der Waals surface area contributed by atoms with Crippen molar-refractivity contribution in [3.05, 3.63) is 59.9 Å². The highest BCUT2D eigenvalue weighted by molar-refractivity contribution is 8.14. The summed E-state index contributed by atoms with van der Waals surface area (Å²) in [5.41, 5.74) is 6.52. The second kappa shape index (κ2) is 9.45. The van der Waals surface area contributed by atoms with E-state index < -0.39 is 6.17 Å². The van der Waals surface area contributed by atoms with Gasteiger partial charge in [-0.15, -0.1) is 0 Å². The fourth-order valence-electron chi connectivity index (χ4n) is 3.42. The van der Waals surface area contributed by atoms with Crippen molar-refractivity contribution < 1.29 is 19.1 Å². The zero-order valence-corrected chi connectivity index (χ0v) is 19.6. The number of nitrogens with zero attached hydrogens (tertiary/aromatic N) is 3. The van der Waals surface area contributed by atoms with Crippen LogP contribution in [0.15, 0.2) is 53.9 Å². The van der Waals surface area contributed by atoms with E-state index >= 15 is 0 Å². The molecule has 0 bridgehead atoms. The molecule has 4 rings (SSSR count). The molecule has 2 amide bonds. The number of methoxy groups -OCH3 is 2. The average Bonchev–Trinajstić information content (AvgIpc) is 3.23. The summed E-state index contributed by atoms with van der Waals surface area (Å²) < 4.78 is 10.5. The van der Waals surface area contributed by atoms with Gasteiger partial charge in [0, 0.05) is 42.0 Å². The number of carbonyl (C=O) groups excluding carboxylic acids is 2. The first-order chi connectivity index (χ1) is 15.9. The summed E-state index contributed by atoms with van der Waals surface area (Å²) in [6.07, 6.45) is 2.86. The summed E-state index contributed by atoms with van der Waals surface area (Å²) in [6, 6.07) is 11.0. The van der Waals surface area contributed by atoms with Crippen LogP contribution < -0.4 is 25.1 Å². The molecule has 1 atom stereocenters. The summed E-state index contributed by atoms with van der Waals surface area (Å²) in [5.74, 6) is 0.912. The van der Waals surface area contributed by atoms with Crippen molar-refractivity contribution >= 4 is 40.1 Å². The van der Waals surface area contributed by atoms with Crippen LogP contribution in [0.25, 0.3) is 0 Å². The lowest BCUT2D eigenvalue weighted by Gasteiger charge is -2.32. The molecule has 0 aliphatic carbocycles. The molecule has 0 spiro atoms.